The number of aliphatic hydroxyl groups excluding tert-OH is 1. The number of benzene rings is 1. The Balaban J connectivity index is 2.02. The fourth-order valence-corrected chi connectivity index (χ4v) is 1.47. The van der Waals surface area contributed by atoms with E-state index >= 15 is 0 Å². The van der Waals surface area contributed by atoms with E-state index in [1.165, 1.54) is 18.9 Å². The minimum Gasteiger partial charge on any atom is -0.490 e. The number of nitrogens with two attached hydrogens (primary N) is 1. The fourth-order valence-electron chi connectivity index (χ4n) is 1.47. The highest BCUT2D eigenvalue weighted by atomic mass is 19.1. The molecule has 0 bridgehead atoms. The molecule has 0 saturated heterocycles. The number of hydrogen-bond acceptors (Lipinski definition) is 3. The topological polar surface area (TPSA) is 55.5 Å². The van der Waals surface area contributed by atoms with E-state index in [0.717, 1.165) is 0 Å². The fraction of sp³-hybridized carbons (Fsp3) is 0.500. The number of hydrogen-bond donors (Lipinski definition) is 2. The molecular weight excluding hydrogens is 209 g/mol. The van der Waals surface area contributed by atoms with E-state index in [-0.39, 0.29) is 12.3 Å². The summed E-state index contributed by atoms with van der Waals surface area (Å²) in [5.74, 6) is 0.402. The third kappa shape index (κ3) is 2.71. The highest BCUT2D eigenvalue weighted by molar-refractivity contribution is 5.30. The molecule has 1 aliphatic rings. The van der Waals surface area contributed by atoms with Crippen molar-refractivity contribution in [3.8, 4) is 5.75 Å². The van der Waals surface area contributed by atoms with Crippen molar-refractivity contribution in [2.75, 3.05) is 13.2 Å². The van der Waals surface area contributed by atoms with Crippen molar-refractivity contribution in [3.63, 3.8) is 0 Å². The molecule has 0 spiro atoms. The van der Waals surface area contributed by atoms with Crippen LogP contribution in [-0.2, 0) is 0 Å². The van der Waals surface area contributed by atoms with Crippen LogP contribution in [0, 0.1) is 11.7 Å². The summed E-state index contributed by atoms with van der Waals surface area (Å²) in [6, 6.07) is 4.47. The van der Waals surface area contributed by atoms with Crippen LogP contribution in [0.15, 0.2) is 18.2 Å². The molecule has 3 N–H and O–H groups in total. The van der Waals surface area contributed by atoms with Gasteiger partial charge >= 0.3 is 0 Å². The van der Waals surface area contributed by atoms with Crippen molar-refractivity contribution in [2.45, 2.75) is 18.9 Å². The van der Waals surface area contributed by atoms with E-state index < -0.39 is 11.9 Å². The Bertz CT molecular complexity index is 366. The molecule has 1 aromatic carbocycles. The van der Waals surface area contributed by atoms with Crippen molar-refractivity contribution in [2.24, 2.45) is 11.7 Å². The Hall–Kier alpha value is -1.13. The first-order valence-electron chi connectivity index (χ1n) is 5.51. The highest BCUT2D eigenvalue weighted by Crippen LogP contribution is 2.30. The van der Waals surface area contributed by atoms with E-state index in [2.05, 4.69) is 0 Å². The van der Waals surface area contributed by atoms with Crippen molar-refractivity contribution in [3.05, 3.63) is 29.6 Å². The van der Waals surface area contributed by atoms with Gasteiger partial charge in [0.25, 0.3) is 0 Å². The van der Waals surface area contributed by atoms with Gasteiger partial charge in [-0.2, -0.15) is 0 Å². The maximum absolute atomic E-state index is 13.5. The Labute approximate surface area is 94.0 Å². The van der Waals surface area contributed by atoms with Crippen LogP contribution in [0.1, 0.15) is 24.5 Å². The SMILES string of the molecule is NCC(O)c1ccc(OCC2CC2)c(F)c1. The summed E-state index contributed by atoms with van der Waals surface area (Å²) < 4.78 is 18.9. The van der Waals surface area contributed by atoms with Gasteiger partial charge in [-0.3, -0.25) is 0 Å². The molecule has 4 heteroatoms. The molecule has 0 radical (unpaired) electrons. The second-order valence-electron chi connectivity index (χ2n) is 4.20. The van der Waals surface area contributed by atoms with Gasteiger partial charge in [-0.25, -0.2) is 4.39 Å². The minimum absolute atomic E-state index is 0.0850. The maximum atomic E-state index is 13.5. The largest absolute Gasteiger partial charge is 0.490 e. The average Bonchev–Trinajstić information content (AvgIpc) is 3.10. The van der Waals surface area contributed by atoms with Gasteiger partial charge in [0.1, 0.15) is 0 Å². The molecule has 1 aromatic rings. The predicted molar refractivity (Wildman–Crippen MR) is 58.6 cm³/mol. The van der Waals surface area contributed by atoms with Gasteiger partial charge in [-0.15, -0.1) is 0 Å². The molecule has 88 valence electrons. The second-order valence-corrected chi connectivity index (χ2v) is 4.20. The third-order valence-corrected chi connectivity index (χ3v) is 2.74. The maximum Gasteiger partial charge on any atom is 0.165 e. The summed E-state index contributed by atoms with van der Waals surface area (Å²) in [5, 5.41) is 9.44. The summed E-state index contributed by atoms with van der Waals surface area (Å²) in [7, 11) is 0. The zero-order valence-electron chi connectivity index (χ0n) is 9.03. The summed E-state index contributed by atoms with van der Waals surface area (Å²) in [4.78, 5) is 0. The van der Waals surface area contributed by atoms with Crippen molar-refractivity contribution in [1.82, 2.24) is 0 Å². The summed E-state index contributed by atoms with van der Waals surface area (Å²) in [6.45, 7) is 0.664. The quantitative estimate of drug-likeness (QED) is 0.800. The molecule has 0 aromatic heterocycles. The van der Waals surface area contributed by atoms with Gasteiger partial charge in [0, 0.05) is 6.54 Å². The lowest BCUT2D eigenvalue weighted by Gasteiger charge is -2.11. The number of aliphatic hydroxyl groups is 1. The van der Waals surface area contributed by atoms with Crippen molar-refractivity contribution >= 4 is 0 Å². The number of ether oxygens (including phenoxy) is 1. The first-order valence-corrected chi connectivity index (χ1v) is 5.51. The van der Waals surface area contributed by atoms with Gasteiger partial charge < -0.3 is 15.6 Å². The summed E-state index contributed by atoms with van der Waals surface area (Å²) in [5.41, 5.74) is 5.78. The van der Waals surface area contributed by atoms with Crippen molar-refractivity contribution in [1.29, 1.82) is 0 Å². The molecule has 1 unspecified atom stereocenters. The normalized spacial score (nSPS) is 17.2. The highest BCUT2D eigenvalue weighted by Gasteiger charge is 2.22. The Morgan fingerprint density at radius 3 is 2.81 bits per heavy atom. The number of halogens is 1. The van der Waals surface area contributed by atoms with E-state index in [1.807, 2.05) is 0 Å². The van der Waals surface area contributed by atoms with Crippen LogP contribution in [0.5, 0.6) is 5.75 Å². The first-order chi connectivity index (χ1) is 7.70. The zero-order chi connectivity index (χ0) is 11.5. The monoisotopic (exact) mass is 225 g/mol. The molecule has 16 heavy (non-hydrogen) atoms. The molecule has 1 fully saturated rings. The van der Waals surface area contributed by atoms with Crippen LogP contribution >= 0.6 is 0 Å². The smallest absolute Gasteiger partial charge is 0.165 e. The molecule has 1 saturated carbocycles. The lowest BCUT2D eigenvalue weighted by Crippen LogP contribution is -2.12. The molecular formula is C12H16FNO2. The Morgan fingerprint density at radius 1 is 1.50 bits per heavy atom. The molecule has 3 nitrogen and oxygen atoms in total. The molecule has 0 amide bonds. The third-order valence-electron chi connectivity index (χ3n) is 2.74. The van der Waals surface area contributed by atoms with Crippen LogP contribution < -0.4 is 10.5 Å². The Morgan fingerprint density at radius 2 is 2.25 bits per heavy atom. The van der Waals surface area contributed by atoms with Crippen LogP contribution in [0.2, 0.25) is 0 Å². The van der Waals surface area contributed by atoms with Crippen LogP contribution in [-0.4, -0.2) is 18.3 Å². The zero-order valence-corrected chi connectivity index (χ0v) is 9.03. The van der Waals surface area contributed by atoms with E-state index in [0.29, 0.717) is 18.1 Å². The molecule has 0 heterocycles. The van der Waals surface area contributed by atoms with Crippen molar-refractivity contribution < 1.29 is 14.2 Å². The van der Waals surface area contributed by atoms with Gasteiger partial charge in [0.2, 0.25) is 0 Å². The minimum atomic E-state index is -0.813. The van der Waals surface area contributed by atoms with E-state index in [4.69, 9.17) is 10.5 Å². The van der Waals surface area contributed by atoms with Crippen LogP contribution in [0.25, 0.3) is 0 Å². The van der Waals surface area contributed by atoms with Crippen LogP contribution in [0.4, 0.5) is 4.39 Å². The standard InChI is InChI=1S/C12H16FNO2/c13-10-5-9(11(15)6-14)3-4-12(10)16-7-8-1-2-8/h3-5,8,11,15H,1-2,6-7,14H2. The van der Waals surface area contributed by atoms with Gasteiger partial charge in [0.15, 0.2) is 11.6 Å². The molecule has 0 aliphatic heterocycles. The van der Waals surface area contributed by atoms with E-state index in [9.17, 15) is 9.50 Å². The molecule has 1 atom stereocenters. The summed E-state index contributed by atoms with van der Waals surface area (Å²) in [6.07, 6.45) is 1.53. The van der Waals surface area contributed by atoms with Gasteiger partial charge in [0.05, 0.1) is 12.7 Å². The van der Waals surface area contributed by atoms with Gasteiger partial charge in [-0.05, 0) is 36.5 Å². The second kappa shape index (κ2) is 4.80. The lowest BCUT2D eigenvalue weighted by atomic mass is 10.1. The summed E-state index contributed by atoms with van der Waals surface area (Å²) >= 11 is 0. The predicted octanol–water partition coefficient (Wildman–Crippen LogP) is 1.61. The average molecular weight is 225 g/mol. The van der Waals surface area contributed by atoms with Crippen LogP contribution in [0.3, 0.4) is 0 Å². The Kier molecular flexibility index (Phi) is 3.41. The number of rotatable bonds is 5. The van der Waals surface area contributed by atoms with Gasteiger partial charge in [-0.1, -0.05) is 6.07 Å². The van der Waals surface area contributed by atoms with E-state index in [1.54, 1.807) is 12.1 Å². The molecule has 1 aliphatic carbocycles. The molecule has 2 rings (SSSR count). The lowest BCUT2D eigenvalue weighted by molar-refractivity contribution is 0.186. The first kappa shape index (κ1) is 11.4.